The van der Waals surface area contributed by atoms with E-state index in [-0.39, 0.29) is 12.1 Å². The molecule has 0 heterocycles. The van der Waals surface area contributed by atoms with Crippen LogP contribution < -0.4 is 0 Å². The Morgan fingerprint density at radius 3 is 1.63 bits per heavy atom. The van der Waals surface area contributed by atoms with E-state index in [4.69, 9.17) is 0 Å². The summed E-state index contributed by atoms with van der Waals surface area (Å²) in [5, 5.41) is 0. The molecule has 109 valence electrons. The van der Waals surface area contributed by atoms with Gasteiger partial charge in [0, 0.05) is 0 Å². The van der Waals surface area contributed by atoms with Gasteiger partial charge >= 0.3 is 6.41 Å². The van der Waals surface area contributed by atoms with E-state index >= 15 is 0 Å². The van der Waals surface area contributed by atoms with Crippen LogP contribution in [0.1, 0.15) is 65.2 Å². The van der Waals surface area contributed by atoms with Gasteiger partial charge in [-0.25, -0.2) is 0 Å². The number of hydrogen-bond acceptors (Lipinski definition) is 1. The molecular weight excluding hydrogens is 234 g/mol. The van der Waals surface area contributed by atoms with Gasteiger partial charge in [-0.15, -0.1) is 13.2 Å². The van der Waals surface area contributed by atoms with Crippen molar-refractivity contribution < 1.29 is 4.79 Å². The van der Waals surface area contributed by atoms with Crippen molar-refractivity contribution in [3.8, 4) is 0 Å². The highest BCUT2D eigenvalue weighted by Crippen LogP contribution is 2.17. The van der Waals surface area contributed by atoms with Crippen LogP contribution in [0.5, 0.6) is 0 Å². The van der Waals surface area contributed by atoms with E-state index in [0.717, 1.165) is 25.7 Å². The van der Waals surface area contributed by atoms with Crippen molar-refractivity contribution in [3.63, 3.8) is 0 Å². The van der Waals surface area contributed by atoms with Gasteiger partial charge in [0.1, 0.15) is 0 Å². The molecule has 2 heteroatoms. The van der Waals surface area contributed by atoms with Crippen molar-refractivity contribution in [2.45, 2.75) is 77.3 Å². The third-order valence-electron chi connectivity index (χ3n) is 3.57. The highest BCUT2D eigenvalue weighted by molar-refractivity contribution is 5.50. The van der Waals surface area contributed by atoms with Gasteiger partial charge in [0.05, 0.1) is 12.1 Å². The molecule has 0 rings (SSSR count). The minimum absolute atomic E-state index is 0.0914. The number of carbonyl (C=O) groups excluding carboxylic acids is 1. The van der Waals surface area contributed by atoms with Gasteiger partial charge in [-0.2, -0.15) is 0 Å². The summed E-state index contributed by atoms with van der Waals surface area (Å²) < 4.78 is 0. The van der Waals surface area contributed by atoms with Gasteiger partial charge in [0.2, 0.25) is 0 Å². The number of amides is 1. The summed E-state index contributed by atoms with van der Waals surface area (Å²) >= 11 is 0. The van der Waals surface area contributed by atoms with E-state index in [9.17, 15) is 4.79 Å². The molecule has 2 unspecified atom stereocenters. The standard InChI is InChI=1S/C17H30NO/c1-5-9-11-13-16(7-3)18(15-19)17(8-4)14-12-10-6-2/h7-8,16-17H,3-6,9-14H2,1-2H3. The number of nitrogens with zero attached hydrogens (tertiary/aromatic N) is 1. The van der Waals surface area contributed by atoms with Crippen LogP contribution in [0.15, 0.2) is 25.3 Å². The first-order chi connectivity index (χ1) is 9.24. The lowest BCUT2D eigenvalue weighted by atomic mass is 10.0. The smallest absolute Gasteiger partial charge is 0.313 e. The second-order valence-corrected chi connectivity index (χ2v) is 5.10. The average Bonchev–Trinajstić information content (AvgIpc) is 2.44. The molecule has 0 aromatic rings. The average molecular weight is 264 g/mol. The summed E-state index contributed by atoms with van der Waals surface area (Å²) in [7, 11) is 0. The molecule has 0 aromatic carbocycles. The largest absolute Gasteiger partial charge is 0.322 e. The predicted molar refractivity (Wildman–Crippen MR) is 83.8 cm³/mol. The Hall–Kier alpha value is -1.05. The molecule has 2 nitrogen and oxygen atoms in total. The Labute approximate surface area is 119 Å². The topological polar surface area (TPSA) is 20.3 Å². The van der Waals surface area contributed by atoms with Gasteiger partial charge in [-0.1, -0.05) is 64.5 Å². The van der Waals surface area contributed by atoms with Crippen molar-refractivity contribution in [2.24, 2.45) is 0 Å². The van der Waals surface area contributed by atoms with Gasteiger partial charge in [-0.05, 0) is 12.8 Å². The molecule has 1 amide bonds. The zero-order valence-electron chi connectivity index (χ0n) is 12.7. The van der Waals surface area contributed by atoms with Gasteiger partial charge < -0.3 is 4.90 Å². The Kier molecular flexibility index (Phi) is 11.3. The van der Waals surface area contributed by atoms with Crippen molar-refractivity contribution in [1.29, 1.82) is 0 Å². The lowest BCUT2D eigenvalue weighted by molar-refractivity contribution is 0.261. The second kappa shape index (κ2) is 12.0. The molecule has 0 aliphatic rings. The monoisotopic (exact) mass is 264 g/mol. The van der Waals surface area contributed by atoms with Crippen LogP contribution in [0.2, 0.25) is 0 Å². The molecule has 0 bridgehead atoms. The highest BCUT2D eigenvalue weighted by Gasteiger charge is 2.20. The number of rotatable bonds is 13. The maximum atomic E-state index is 11.3. The fraction of sp³-hybridized carbons (Fsp3) is 0.706. The molecule has 0 spiro atoms. The van der Waals surface area contributed by atoms with Crippen LogP contribution in [-0.2, 0) is 4.79 Å². The van der Waals surface area contributed by atoms with E-state index in [1.807, 2.05) is 12.2 Å². The first-order valence-corrected chi connectivity index (χ1v) is 7.66. The molecule has 0 aliphatic carbocycles. The normalized spacial score (nSPS) is 13.6. The van der Waals surface area contributed by atoms with Gasteiger partial charge in [0.15, 0.2) is 0 Å². The SMILES string of the molecule is C=CC(CCCCC)N([C]=O)C(C=C)CCCCC. The van der Waals surface area contributed by atoms with E-state index in [1.54, 1.807) is 4.90 Å². The number of unbranched alkanes of at least 4 members (excludes halogenated alkanes) is 4. The van der Waals surface area contributed by atoms with Crippen LogP contribution in [0, 0.1) is 0 Å². The maximum absolute atomic E-state index is 11.3. The third kappa shape index (κ3) is 7.19. The predicted octanol–water partition coefficient (Wildman–Crippen LogP) is 4.63. The molecule has 2 atom stereocenters. The fourth-order valence-corrected chi connectivity index (χ4v) is 2.33. The quantitative estimate of drug-likeness (QED) is 0.270. The van der Waals surface area contributed by atoms with Crippen LogP contribution in [-0.4, -0.2) is 23.4 Å². The molecule has 0 N–H and O–H groups in total. The summed E-state index contributed by atoms with van der Waals surface area (Å²) in [6, 6.07) is 0.183. The Morgan fingerprint density at radius 2 is 1.37 bits per heavy atom. The molecule has 0 fully saturated rings. The van der Waals surface area contributed by atoms with E-state index in [1.165, 1.54) is 25.7 Å². The molecule has 1 radical (unpaired) electrons. The van der Waals surface area contributed by atoms with Crippen LogP contribution in [0.4, 0.5) is 0 Å². The summed E-state index contributed by atoms with van der Waals surface area (Å²) in [5.41, 5.74) is 0. The zero-order valence-corrected chi connectivity index (χ0v) is 12.7. The number of hydrogen-bond donors (Lipinski definition) is 0. The van der Waals surface area contributed by atoms with E-state index in [0.29, 0.717) is 0 Å². The molecule has 0 saturated heterocycles. The highest BCUT2D eigenvalue weighted by atomic mass is 16.1. The molecule has 19 heavy (non-hydrogen) atoms. The molecular formula is C17H30NO. The van der Waals surface area contributed by atoms with Crippen LogP contribution in [0.3, 0.4) is 0 Å². The lowest BCUT2D eigenvalue weighted by Gasteiger charge is -2.31. The van der Waals surface area contributed by atoms with Crippen molar-refractivity contribution in [1.82, 2.24) is 4.90 Å². The molecule has 0 aliphatic heterocycles. The summed E-state index contributed by atoms with van der Waals surface area (Å²) in [5.74, 6) is 0. The molecule has 0 aromatic heterocycles. The van der Waals surface area contributed by atoms with Crippen molar-refractivity contribution >= 4 is 6.41 Å². The first kappa shape index (κ1) is 17.9. The van der Waals surface area contributed by atoms with E-state index in [2.05, 4.69) is 33.4 Å². The zero-order chi connectivity index (χ0) is 14.5. The molecule has 0 saturated carbocycles. The minimum Gasteiger partial charge on any atom is -0.322 e. The second-order valence-electron chi connectivity index (χ2n) is 5.10. The van der Waals surface area contributed by atoms with Crippen LogP contribution in [0.25, 0.3) is 0 Å². The fourth-order valence-electron chi connectivity index (χ4n) is 2.33. The Balaban J connectivity index is 4.47. The van der Waals surface area contributed by atoms with Crippen molar-refractivity contribution in [3.05, 3.63) is 25.3 Å². The van der Waals surface area contributed by atoms with Gasteiger partial charge in [0.25, 0.3) is 0 Å². The Bertz CT molecular complexity index is 228. The van der Waals surface area contributed by atoms with Crippen molar-refractivity contribution in [2.75, 3.05) is 0 Å². The summed E-state index contributed by atoms with van der Waals surface area (Å²) in [6.07, 6.45) is 14.8. The van der Waals surface area contributed by atoms with Crippen LogP contribution >= 0.6 is 0 Å². The minimum atomic E-state index is 0.0914. The maximum Gasteiger partial charge on any atom is 0.313 e. The van der Waals surface area contributed by atoms with Gasteiger partial charge in [-0.3, -0.25) is 4.79 Å². The Morgan fingerprint density at radius 1 is 0.947 bits per heavy atom. The summed E-state index contributed by atoms with van der Waals surface area (Å²) in [4.78, 5) is 13.0. The third-order valence-corrected chi connectivity index (χ3v) is 3.57. The first-order valence-electron chi connectivity index (χ1n) is 7.66. The lowest BCUT2D eigenvalue weighted by Crippen LogP contribution is -2.40. The summed E-state index contributed by atoms with van der Waals surface area (Å²) in [6.45, 7) is 12.1. The van der Waals surface area contributed by atoms with E-state index < -0.39 is 0 Å².